The maximum atomic E-state index is 9.63. The first-order valence-corrected chi connectivity index (χ1v) is 5.11. The summed E-state index contributed by atoms with van der Waals surface area (Å²) in [4.78, 5) is 0. The highest BCUT2D eigenvalue weighted by Crippen LogP contribution is 2.25. The third-order valence-corrected chi connectivity index (χ3v) is 1.96. The van der Waals surface area contributed by atoms with E-state index in [1.807, 2.05) is 32.1 Å². The molecule has 0 spiro atoms. The van der Waals surface area contributed by atoms with Gasteiger partial charge in [-0.1, -0.05) is 25.1 Å². The van der Waals surface area contributed by atoms with Crippen LogP contribution in [0.4, 0.5) is 0 Å². The number of hydrogen-bond donors (Lipinski definition) is 1. The van der Waals surface area contributed by atoms with Crippen LogP contribution >= 0.6 is 0 Å². The van der Waals surface area contributed by atoms with Crippen molar-refractivity contribution in [2.75, 3.05) is 6.54 Å². The number of aromatic hydroxyl groups is 1. The average Bonchev–Trinajstić information content (AvgIpc) is 2.26. The number of para-hydroxylation sites is 1. The van der Waals surface area contributed by atoms with E-state index in [-0.39, 0.29) is 5.75 Å². The molecular formula is C12H16N2O. The van der Waals surface area contributed by atoms with E-state index in [1.165, 1.54) is 0 Å². The van der Waals surface area contributed by atoms with Crippen LogP contribution in [0.3, 0.4) is 0 Å². The standard InChI is InChI=1S/C12H16N2O/c1-3-9-13-14-11(4-2)10-7-5-6-8-12(10)15/h4-8,15H,3,9H2,1-2H3/b11-4-,14-13-. The van der Waals surface area contributed by atoms with Gasteiger partial charge in [-0.05, 0) is 25.5 Å². The van der Waals surface area contributed by atoms with Gasteiger partial charge in [0, 0.05) is 5.56 Å². The second-order valence-corrected chi connectivity index (χ2v) is 3.16. The summed E-state index contributed by atoms with van der Waals surface area (Å²) >= 11 is 0. The van der Waals surface area contributed by atoms with Crippen molar-refractivity contribution in [2.24, 2.45) is 10.2 Å². The van der Waals surface area contributed by atoms with Crippen molar-refractivity contribution in [3.05, 3.63) is 35.9 Å². The summed E-state index contributed by atoms with van der Waals surface area (Å²) in [6, 6.07) is 7.13. The molecule has 3 nitrogen and oxygen atoms in total. The smallest absolute Gasteiger partial charge is 0.125 e. The first-order chi connectivity index (χ1) is 7.29. The molecule has 1 aromatic rings. The molecule has 0 amide bonds. The highest BCUT2D eigenvalue weighted by Gasteiger charge is 2.03. The zero-order valence-corrected chi connectivity index (χ0v) is 9.14. The Morgan fingerprint density at radius 2 is 2.13 bits per heavy atom. The van der Waals surface area contributed by atoms with Crippen molar-refractivity contribution in [1.82, 2.24) is 0 Å². The summed E-state index contributed by atoms with van der Waals surface area (Å²) in [5, 5.41) is 17.7. The Hall–Kier alpha value is -1.64. The van der Waals surface area contributed by atoms with Gasteiger partial charge in [0.25, 0.3) is 0 Å². The lowest BCUT2D eigenvalue weighted by atomic mass is 10.1. The summed E-state index contributed by atoms with van der Waals surface area (Å²) in [7, 11) is 0. The van der Waals surface area contributed by atoms with E-state index in [9.17, 15) is 5.11 Å². The van der Waals surface area contributed by atoms with Crippen LogP contribution in [0, 0.1) is 0 Å². The van der Waals surface area contributed by atoms with E-state index >= 15 is 0 Å². The van der Waals surface area contributed by atoms with Gasteiger partial charge >= 0.3 is 0 Å². The second-order valence-electron chi connectivity index (χ2n) is 3.16. The molecule has 80 valence electrons. The molecule has 3 heteroatoms. The van der Waals surface area contributed by atoms with Crippen LogP contribution in [-0.2, 0) is 0 Å². The van der Waals surface area contributed by atoms with Crippen LogP contribution in [0.25, 0.3) is 5.70 Å². The third kappa shape index (κ3) is 3.20. The van der Waals surface area contributed by atoms with Crippen LogP contribution in [0.2, 0.25) is 0 Å². The molecule has 0 aliphatic heterocycles. The van der Waals surface area contributed by atoms with Gasteiger partial charge in [0.05, 0.1) is 12.2 Å². The molecule has 0 radical (unpaired) electrons. The van der Waals surface area contributed by atoms with E-state index in [0.29, 0.717) is 12.2 Å². The fourth-order valence-corrected chi connectivity index (χ4v) is 1.18. The number of azo groups is 1. The van der Waals surface area contributed by atoms with Crippen LogP contribution in [-0.4, -0.2) is 11.7 Å². The monoisotopic (exact) mass is 204 g/mol. The van der Waals surface area contributed by atoms with Crippen molar-refractivity contribution < 1.29 is 5.11 Å². The Balaban J connectivity index is 2.89. The number of nitrogens with zero attached hydrogens (tertiary/aromatic N) is 2. The molecule has 0 saturated heterocycles. The number of phenols is 1. The highest BCUT2D eigenvalue weighted by molar-refractivity contribution is 5.68. The molecule has 0 aromatic heterocycles. The Bertz CT molecular complexity index is 370. The van der Waals surface area contributed by atoms with E-state index in [0.717, 1.165) is 12.0 Å². The number of allylic oxidation sites excluding steroid dienone is 1. The first-order valence-electron chi connectivity index (χ1n) is 5.11. The number of rotatable bonds is 4. The minimum Gasteiger partial charge on any atom is -0.507 e. The zero-order valence-electron chi connectivity index (χ0n) is 9.14. The summed E-state index contributed by atoms with van der Waals surface area (Å²) in [5.41, 5.74) is 1.43. The normalized spacial score (nSPS) is 12.3. The van der Waals surface area contributed by atoms with Crippen molar-refractivity contribution in [1.29, 1.82) is 0 Å². The molecule has 1 aromatic carbocycles. The predicted octanol–water partition coefficient (Wildman–Crippen LogP) is 3.62. The van der Waals surface area contributed by atoms with Gasteiger partial charge in [-0.25, -0.2) is 0 Å². The summed E-state index contributed by atoms with van der Waals surface area (Å²) < 4.78 is 0. The summed E-state index contributed by atoms with van der Waals surface area (Å²) in [5.74, 6) is 0.237. The molecule has 0 heterocycles. The highest BCUT2D eigenvalue weighted by atomic mass is 16.3. The third-order valence-electron chi connectivity index (χ3n) is 1.96. The quantitative estimate of drug-likeness (QED) is 0.748. The van der Waals surface area contributed by atoms with Gasteiger partial charge in [0.15, 0.2) is 0 Å². The molecular weight excluding hydrogens is 188 g/mol. The number of hydrogen-bond acceptors (Lipinski definition) is 3. The lowest BCUT2D eigenvalue weighted by molar-refractivity contribution is 0.473. The Labute approximate surface area is 90.2 Å². The molecule has 0 saturated carbocycles. The van der Waals surface area contributed by atoms with Crippen LogP contribution < -0.4 is 0 Å². The van der Waals surface area contributed by atoms with E-state index in [1.54, 1.807) is 12.1 Å². The molecule has 0 unspecified atom stereocenters. The molecule has 1 N–H and O–H groups in total. The first kappa shape index (κ1) is 11.4. The van der Waals surface area contributed by atoms with E-state index < -0.39 is 0 Å². The van der Waals surface area contributed by atoms with E-state index in [2.05, 4.69) is 10.2 Å². The molecule has 15 heavy (non-hydrogen) atoms. The molecule has 0 fully saturated rings. The Morgan fingerprint density at radius 1 is 1.40 bits per heavy atom. The lowest BCUT2D eigenvalue weighted by Crippen LogP contribution is -1.82. The van der Waals surface area contributed by atoms with Gasteiger partial charge in [0.2, 0.25) is 0 Å². The maximum Gasteiger partial charge on any atom is 0.125 e. The topological polar surface area (TPSA) is 45.0 Å². The fraction of sp³-hybridized carbons (Fsp3) is 0.333. The second kappa shape index (κ2) is 5.96. The molecule has 1 rings (SSSR count). The molecule has 0 aliphatic carbocycles. The molecule has 0 aliphatic rings. The van der Waals surface area contributed by atoms with Crippen LogP contribution in [0.1, 0.15) is 25.8 Å². The lowest BCUT2D eigenvalue weighted by Gasteiger charge is -2.02. The van der Waals surface area contributed by atoms with Crippen molar-refractivity contribution in [3.8, 4) is 5.75 Å². The van der Waals surface area contributed by atoms with Crippen molar-refractivity contribution in [2.45, 2.75) is 20.3 Å². The van der Waals surface area contributed by atoms with Crippen LogP contribution in [0.5, 0.6) is 5.75 Å². The fourth-order valence-electron chi connectivity index (χ4n) is 1.18. The summed E-state index contributed by atoms with van der Waals surface area (Å²) in [6.45, 7) is 4.64. The Morgan fingerprint density at radius 3 is 2.73 bits per heavy atom. The number of phenolic OH excluding ortho intramolecular Hbond substituents is 1. The maximum absolute atomic E-state index is 9.63. The SMILES string of the molecule is C/C=C(\N=N/CCC)c1ccccc1O. The van der Waals surface area contributed by atoms with Gasteiger partial charge < -0.3 is 5.11 Å². The largest absolute Gasteiger partial charge is 0.507 e. The van der Waals surface area contributed by atoms with Gasteiger partial charge in [-0.3, -0.25) is 0 Å². The average molecular weight is 204 g/mol. The van der Waals surface area contributed by atoms with Crippen molar-refractivity contribution >= 4 is 5.70 Å². The zero-order chi connectivity index (χ0) is 11.1. The van der Waals surface area contributed by atoms with Crippen molar-refractivity contribution in [3.63, 3.8) is 0 Å². The molecule has 0 bridgehead atoms. The minimum absolute atomic E-state index is 0.237. The van der Waals surface area contributed by atoms with Gasteiger partial charge in [0.1, 0.15) is 5.75 Å². The Kier molecular flexibility index (Phi) is 4.54. The summed E-state index contributed by atoms with van der Waals surface area (Å²) in [6.07, 6.45) is 2.81. The van der Waals surface area contributed by atoms with Gasteiger partial charge in [-0.15, -0.1) is 0 Å². The predicted molar refractivity (Wildman–Crippen MR) is 61.8 cm³/mol. The van der Waals surface area contributed by atoms with Gasteiger partial charge in [-0.2, -0.15) is 10.2 Å². The number of benzene rings is 1. The minimum atomic E-state index is 0.237. The van der Waals surface area contributed by atoms with E-state index in [4.69, 9.17) is 0 Å². The molecule has 0 atom stereocenters. The van der Waals surface area contributed by atoms with Crippen LogP contribution in [0.15, 0.2) is 40.6 Å².